The molecule has 0 bridgehead atoms. The number of fused-ring (bicyclic) bond motifs is 1. The number of methoxy groups -OCH3 is 2. The average Bonchev–Trinajstić information content (AvgIpc) is 3.60. The third-order valence-corrected chi connectivity index (χ3v) is 6.92. The molecule has 0 aliphatic carbocycles. The lowest BCUT2D eigenvalue weighted by Gasteiger charge is -2.34. The normalized spacial score (nSPS) is 18.8. The first-order valence-electron chi connectivity index (χ1n) is 12.7. The summed E-state index contributed by atoms with van der Waals surface area (Å²) in [5.41, 5.74) is 2.45. The second-order valence-electron chi connectivity index (χ2n) is 9.15. The fourth-order valence-corrected chi connectivity index (χ4v) is 4.89. The lowest BCUT2D eigenvalue weighted by atomic mass is 9.97. The molecule has 202 valence electrons. The number of carbonyl (C=O) groups excluding carboxylic acids is 2. The summed E-state index contributed by atoms with van der Waals surface area (Å²) in [4.78, 5) is 29.4. The number of hydrogen-bond donors (Lipinski definition) is 0. The van der Waals surface area contributed by atoms with Gasteiger partial charge in [-0.05, 0) is 36.8 Å². The Morgan fingerprint density at radius 1 is 1.00 bits per heavy atom. The van der Waals surface area contributed by atoms with E-state index in [0.717, 1.165) is 16.8 Å². The summed E-state index contributed by atoms with van der Waals surface area (Å²) in [6.45, 7) is 4.67. The zero-order chi connectivity index (χ0) is 26.6. The second-order valence-corrected chi connectivity index (χ2v) is 9.15. The van der Waals surface area contributed by atoms with Crippen molar-refractivity contribution in [3.05, 3.63) is 47.5 Å². The minimum Gasteiger partial charge on any atom is -0.497 e. The van der Waals surface area contributed by atoms with Gasteiger partial charge in [-0.15, -0.1) is 0 Å². The van der Waals surface area contributed by atoms with Crippen molar-refractivity contribution in [2.45, 2.75) is 19.4 Å². The molecule has 11 nitrogen and oxygen atoms in total. The van der Waals surface area contributed by atoms with E-state index < -0.39 is 0 Å². The maximum absolute atomic E-state index is 13.6. The van der Waals surface area contributed by atoms with Crippen molar-refractivity contribution in [2.24, 2.45) is 5.10 Å². The van der Waals surface area contributed by atoms with Gasteiger partial charge in [-0.2, -0.15) is 5.10 Å². The quantitative estimate of drug-likeness (QED) is 0.545. The summed E-state index contributed by atoms with van der Waals surface area (Å²) in [6.07, 6.45) is 0.189. The minimum atomic E-state index is -0.320. The molecule has 38 heavy (non-hydrogen) atoms. The number of ether oxygens (including phenoxy) is 5. The minimum absolute atomic E-state index is 0.125. The van der Waals surface area contributed by atoms with Gasteiger partial charge in [-0.1, -0.05) is 6.07 Å². The molecule has 2 aromatic rings. The van der Waals surface area contributed by atoms with Gasteiger partial charge in [-0.3, -0.25) is 9.69 Å². The summed E-state index contributed by atoms with van der Waals surface area (Å²) in [7, 11) is 3.20. The highest BCUT2D eigenvalue weighted by Gasteiger charge is 2.36. The van der Waals surface area contributed by atoms with Gasteiger partial charge in [0.05, 0.1) is 39.1 Å². The predicted octanol–water partition coefficient (Wildman–Crippen LogP) is 2.88. The van der Waals surface area contributed by atoms with Crippen LogP contribution in [0.5, 0.6) is 23.0 Å². The number of piperazine rings is 1. The molecule has 0 unspecified atom stereocenters. The van der Waals surface area contributed by atoms with Gasteiger partial charge >= 0.3 is 6.09 Å². The molecule has 1 fully saturated rings. The fraction of sp³-hybridized carbons (Fsp3) is 0.444. The van der Waals surface area contributed by atoms with Crippen LogP contribution in [-0.4, -0.2) is 92.9 Å². The Labute approximate surface area is 221 Å². The van der Waals surface area contributed by atoms with Crippen LogP contribution < -0.4 is 18.9 Å². The zero-order valence-corrected chi connectivity index (χ0v) is 21.8. The molecule has 2 aromatic carbocycles. The van der Waals surface area contributed by atoms with Crippen molar-refractivity contribution in [1.82, 2.24) is 14.8 Å². The monoisotopic (exact) mass is 524 g/mol. The Morgan fingerprint density at radius 2 is 1.79 bits per heavy atom. The molecular formula is C27H32N4O7. The van der Waals surface area contributed by atoms with Crippen LogP contribution in [0.4, 0.5) is 4.79 Å². The lowest BCUT2D eigenvalue weighted by Crippen LogP contribution is -2.51. The molecule has 2 amide bonds. The highest BCUT2D eigenvalue weighted by atomic mass is 16.7. The fourth-order valence-electron chi connectivity index (χ4n) is 4.89. The van der Waals surface area contributed by atoms with E-state index in [1.165, 1.54) is 0 Å². The number of rotatable bonds is 7. The van der Waals surface area contributed by atoms with Gasteiger partial charge < -0.3 is 28.6 Å². The van der Waals surface area contributed by atoms with E-state index >= 15 is 0 Å². The van der Waals surface area contributed by atoms with E-state index in [4.69, 9.17) is 28.8 Å². The van der Waals surface area contributed by atoms with E-state index in [9.17, 15) is 9.59 Å². The van der Waals surface area contributed by atoms with Crippen molar-refractivity contribution in [1.29, 1.82) is 0 Å². The van der Waals surface area contributed by atoms with E-state index in [2.05, 4.69) is 0 Å². The van der Waals surface area contributed by atoms with Crippen LogP contribution in [0.1, 0.15) is 30.5 Å². The van der Waals surface area contributed by atoms with Crippen LogP contribution in [0, 0.1) is 0 Å². The Morgan fingerprint density at radius 3 is 2.53 bits per heavy atom. The predicted molar refractivity (Wildman–Crippen MR) is 138 cm³/mol. The van der Waals surface area contributed by atoms with Gasteiger partial charge in [0.1, 0.15) is 11.5 Å². The summed E-state index contributed by atoms with van der Waals surface area (Å²) in [5, 5.41) is 6.37. The van der Waals surface area contributed by atoms with Crippen LogP contribution >= 0.6 is 0 Å². The molecule has 3 aliphatic rings. The van der Waals surface area contributed by atoms with Gasteiger partial charge in [-0.25, -0.2) is 9.80 Å². The molecule has 5 rings (SSSR count). The zero-order valence-electron chi connectivity index (χ0n) is 21.8. The summed E-state index contributed by atoms with van der Waals surface area (Å²) >= 11 is 0. The largest absolute Gasteiger partial charge is 0.497 e. The van der Waals surface area contributed by atoms with Crippen molar-refractivity contribution in [2.75, 3.05) is 60.3 Å². The second kappa shape index (κ2) is 11.2. The van der Waals surface area contributed by atoms with Crippen LogP contribution in [0.15, 0.2) is 41.5 Å². The molecule has 1 atom stereocenters. The smallest absolute Gasteiger partial charge is 0.409 e. The molecule has 0 saturated carbocycles. The highest BCUT2D eigenvalue weighted by Crippen LogP contribution is 2.40. The number of hydrogen-bond acceptors (Lipinski definition) is 9. The van der Waals surface area contributed by atoms with E-state index in [0.29, 0.717) is 62.2 Å². The molecule has 0 aromatic heterocycles. The van der Waals surface area contributed by atoms with Gasteiger partial charge in [0.25, 0.3) is 5.91 Å². The Kier molecular flexibility index (Phi) is 7.54. The first-order valence-corrected chi connectivity index (χ1v) is 12.7. The standard InChI is InChI=1S/C27H32N4O7/c1-4-36-27(33)30-11-9-29(10-12-30)16-26(32)31-22(18-5-8-23-25(13-18)38-17-37-23)15-21(28-31)20-7-6-19(34-2)14-24(20)35-3/h5-8,13-14,22H,4,9-12,15-17H2,1-3H3/t22-/m0/s1. The lowest BCUT2D eigenvalue weighted by molar-refractivity contribution is -0.134. The topological polar surface area (TPSA) is 102 Å². The number of hydrazone groups is 1. The summed E-state index contributed by atoms with van der Waals surface area (Å²) < 4.78 is 27.1. The van der Waals surface area contributed by atoms with Crippen molar-refractivity contribution < 1.29 is 33.3 Å². The van der Waals surface area contributed by atoms with Crippen molar-refractivity contribution >= 4 is 17.7 Å². The molecule has 3 aliphatic heterocycles. The number of benzene rings is 2. The molecular weight excluding hydrogens is 492 g/mol. The molecule has 0 N–H and O–H groups in total. The Hall–Kier alpha value is -3.99. The van der Waals surface area contributed by atoms with E-state index in [-0.39, 0.29) is 31.4 Å². The van der Waals surface area contributed by atoms with Crippen molar-refractivity contribution in [3.8, 4) is 23.0 Å². The first-order chi connectivity index (χ1) is 18.5. The average molecular weight is 525 g/mol. The maximum Gasteiger partial charge on any atom is 0.409 e. The Balaban J connectivity index is 1.37. The third-order valence-electron chi connectivity index (χ3n) is 6.92. The first kappa shape index (κ1) is 25.7. The molecule has 0 spiro atoms. The highest BCUT2D eigenvalue weighted by molar-refractivity contribution is 6.05. The molecule has 0 radical (unpaired) electrons. The SMILES string of the molecule is CCOC(=O)N1CCN(CC(=O)N2N=C(c3ccc(OC)cc3OC)C[C@H]2c2ccc3c(c2)OCO3)CC1. The number of nitrogens with zero attached hydrogens (tertiary/aromatic N) is 4. The number of carbonyl (C=O) groups is 2. The number of amides is 2. The molecule has 1 saturated heterocycles. The third kappa shape index (κ3) is 5.19. The maximum atomic E-state index is 13.6. The van der Waals surface area contributed by atoms with Crippen molar-refractivity contribution in [3.63, 3.8) is 0 Å². The Bertz CT molecular complexity index is 1230. The van der Waals surface area contributed by atoms with Crippen LogP contribution in [0.25, 0.3) is 0 Å². The van der Waals surface area contributed by atoms with Crippen LogP contribution in [0.2, 0.25) is 0 Å². The van der Waals surface area contributed by atoms with Gasteiger partial charge in [0.2, 0.25) is 6.79 Å². The van der Waals surface area contributed by atoms with Crippen LogP contribution in [-0.2, 0) is 9.53 Å². The van der Waals surface area contributed by atoms with E-state index in [1.807, 2.05) is 35.2 Å². The van der Waals surface area contributed by atoms with E-state index in [1.54, 1.807) is 37.1 Å². The summed E-state index contributed by atoms with van der Waals surface area (Å²) in [6, 6.07) is 11.0. The molecule has 3 heterocycles. The van der Waals surface area contributed by atoms with Gasteiger partial charge in [0, 0.05) is 44.2 Å². The summed E-state index contributed by atoms with van der Waals surface area (Å²) in [5.74, 6) is 2.51. The van der Waals surface area contributed by atoms with Crippen LogP contribution in [0.3, 0.4) is 0 Å². The van der Waals surface area contributed by atoms with Gasteiger partial charge in [0.15, 0.2) is 11.5 Å². The molecule has 11 heteroatoms.